The van der Waals surface area contributed by atoms with Gasteiger partial charge in [0.25, 0.3) is 0 Å². The average molecular weight is 404 g/mol. The third kappa shape index (κ3) is 3.83. The molecule has 1 N–H and O–H groups in total. The van der Waals surface area contributed by atoms with Crippen LogP contribution in [0.5, 0.6) is 0 Å². The van der Waals surface area contributed by atoms with Crippen LogP contribution in [0.25, 0.3) is 0 Å². The summed E-state index contributed by atoms with van der Waals surface area (Å²) in [4.78, 5) is 23.3. The van der Waals surface area contributed by atoms with Gasteiger partial charge in [-0.15, -0.1) is 0 Å². The second-order valence-corrected chi connectivity index (χ2v) is 9.00. The SMILES string of the molecule is O=C([O-])C1CC2(CCN(Cc3ccc4c(c3)Nc3nccnc3S4)CC2)C1.[Na+]. The van der Waals surface area contributed by atoms with Crippen LogP contribution in [0.2, 0.25) is 0 Å². The first kappa shape index (κ1) is 20.2. The molecule has 6 nitrogen and oxygen atoms in total. The number of carbonyl (C=O) groups is 1. The minimum Gasteiger partial charge on any atom is -0.550 e. The monoisotopic (exact) mass is 404 g/mol. The number of fused-ring (bicyclic) bond motifs is 2. The van der Waals surface area contributed by atoms with Gasteiger partial charge in [-0.25, -0.2) is 9.97 Å². The van der Waals surface area contributed by atoms with Crippen molar-refractivity contribution in [1.82, 2.24) is 14.9 Å². The van der Waals surface area contributed by atoms with Crippen molar-refractivity contribution in [2.45, 2.75) is 42.1 Å². The summed E-state index contributed by atoms with van der Waals surface area (Å²) in [5, 5.41) is 15.3. The molecule has 1 aromatic heterocycles. The molecule has 1 aliphatic carbocycles. The molecule has 0 atom stereocenters. The smallest absolute Gasteiger partial charge is 0.550 e. The predicted molar refractivity (Wildman–Crippen MR) is 101 cm³/mol. The number of nitrogens with one attached hydrogen (secondary N) is 1. The zero-order valence-electron chi connectivity index (χ0n) is 16.0. The molecule has 140 valence electrons. The Bertz CT molecular complexity index is 894. The van der Waals surface area contributed by atoms with Gasteiger partial charge in [0.05, 0.1) is 5.69 Å². The molecule has 1 aromatic carbocycles. The van der Waals surface area contributed by atoms with Gasteiger partial charge in [-0.2, -0.15) is 0 Å². The topological polar surface area (TPSA) is 81.2 Å². The zero-order chi connectivity index (χ0) is 18.4. The van der Waals surface area contributed by atoms with Crippen molar-refractivity contribution in [1.29, 1.82) is 0 Å². The second kappa shape index (κ2) is 7.95. The average Bonchev–Trinajstić information content (AvgIpc) is 2.65. The van der Waals surface area contributed by atoms with E-state index in [1.165, 1.54) is 10.5 Å². The molecule has 8 heteroatoms. The Morgan fingerprint density at radius 3 is 2.75 bits per heavy atom. The van der Waals surface area contributed by atoms with Crippen LogP contribution in [0.3, 0.4) is 0 Å². The predicted octanol–water partition coefficient (Wildman–Crippen LogP) is -0.569. The maximum atomic E-state index is 11.0. The van der Waals surface area contributed by atoms with Gasteiger partial charge >= 0.3 is 29.6 Å². The third-order valence-electron chi connectivity index (χ3n) is 6.18. The number of carbonyl (C=O) groups excluding carboxylic acids is 1. The van der Waals surface area contributed by atoms with Gasteiger partial charge in [-0.1, -0.05) is 17.8 Å². The number of nitrogens with zero attached hydrogens (tertiary/aromatic N) is 3. The maximum Gasteiger partial charge on any atom is 1.00 e. The number of anilines is 2. The molecule has 1 saturated heterocycles. The summed E-state index contributed by atoms with van der Waals surface area (Å²) in [5.74, 6) is -0.264. The Hall–Kier alpha value is -1.12. The van der Waals surface area contributed by atoms with Crippen molar-refractivity contribution >= 4 is 29.2 Å². The van der Waals surface area contributed by atoms with Gasteiger partial charge in [0.15, 0.2) is 5.82 Å². The number of hydrogen-bond donors (Lipinski definition) is 1. The van der Waals surface area contributed by atoms with Crippen LogP contribution >= 0.6 is 11.8 Å². The Morgan fingerprint density at radius 1 is 1.25 bits per heavy atom. The van der Waals surface area contributed by atoms with Gasteiger partial charge in [0.1, 0.15) is 5.03 Å². The van der Waals surface area contributed by atoms with E-state index in [0.717, 1.165) is 61.8 Å². The summed E-state index contributed by atoms with van der Waals surface area (Å²) in [6.07, 6.45) is 7.23. The first-order valence-electron chi connectivity index (χ1n) is 9.42. The van der Waals surface area contributed by atoms with E-state index >= 15 is 0 Å². The van der Waals surface area contributed by atoms with Crippen LogP contribution in [0.4, 0.5) is 11.5 Å². The summed E-state index contributed by atoms with van der Waals surface area (Å²) in [6, 6.07) is 6.55. The van der Waals surface area contributed by atoms with Crippen molar-refractivity contribution in [3.05, 3.63) is 36.2 Å². The maximum absolute atomic E-state index is 11.0. The standard InChI is InChI=1S/C20H22N4O2S.Na/c25-19(26)14-10-20(11-14)3-7-24(8-4-20)12-13-1-2-16-15(9-13)23-17-18(27-16)22-6-5-21-17;/h1-2,5-6,9,14H,3-4,7-8,10-12H2,(H,21,23)(H,25,26);/q;+1/p-1. The first-order valence-corrected chi connectivity index (χ1v) is 10.2. The van der Waals surface area contributed by atoms with Crippen LogP contribution in [0, 0.1) is 11.3 Å². The number of carboxylic acid groups (broad SMARTS) is 1. The number of hydrogen-bond acceptors (Lipinski definition) is 7. The van der Waals surface area contributed by atoms with Gasteiger partial charge < -0.3 is 15.2 Å². The van der Waals surface area contributed by atoms with E-state index in [0.29, 0.717) is 0 Å². The van der Waals surface area contributed by atoms with Gasteiger partial charge in [0, 0.05) is 29.8 Å². The Balaban J connectivity index is 0.00000192. The fourth-order valence-electron chi connectivity index (χ4n) is 4.58. The summed E-state index contributed by atoms with van der Waals surface area (Å²) < 4.78 is 0. The van der Waals surface area contributed by atoms with E-state index in [2.05, 4.69) is 38.4 Å². The molecule has 2 aromatic rings. The molecular formula is C20H21N4NaO2S. The van der Waals surface area contributed by atoms with E-state index in [-0.39, 0.29) is 40.9 Å². The van der Waals surface area contributed by atoms with E-state index in [9.17, 15) is 9.90 Å². The number of piperidine rings is 1. The number of benzene rings is 1. The molecule has 3 heterocycles. The normalized spacial score (nSPS) is 20.3. The molecule has 5 rings (SSSR count). The first-order chi connectivity index (χ1) is 13.1. The quantitative estimate of drug-likeness (QED) is 0.586. The zero-order valence-corrected chi connectivity index (χ0v) is 18.8. The molecule has 3 aliphatic rings. The van der Waals surface area contributed by atoms with E-state index in [1.807, 2.05) is 0 Å². The van der Waals surface area contributed by atoms with Crippen LogP contribution in [-0.2, 0) is 11.3 Å². The van der Waals surface area contributed by atoms with Gasteiger partial charge in [0.2, 0.25) is 0 Å². The summed E-state index contributed by atoms with van der Waals surface area (Å²) >= 11 is 1.65. The van der Waals surface area contributed by atoms with E-state index in [4.69, 9.17) is 0 Å². The third-order valence-corrected chi connectivity index (χ3v) is 7.25. The van der Waals surface area contributed by atoms with E-state index in [1.54, 1.807) is 24.2 Å². The number of rotatable bonds is 3. The van der Waals surface area contributed by atoms with Crippen molar-refractivity contribution in [2.75, 3.05) is 18.4 Å². The Morgan fingerprint density at radius 2 is 2.00 bits per heavy atom. The molecule has 1 spiro atoms. The second-order valence-electron chi connectivity index (χ2n) is 7.97. The van der Waals surface area contributed by atoms with Crippen LogP contribution < -0.4 is 40.0 Å². The minimum absolute atomic E-state index is 0. The van der Waals surface area contributed by atoms with Crippen LogP contribution in [0.1, 0.15) is 31.2 Å². The van der Waals surface area contributed by atoms with Crippen molar-refractivity contribution in [2.24, 2.45) is 11.3 Å². The molecule has 2 aliphatic heterocycles. The molecule has 0 amide bonds. The fourth-order valence-corrected chi connectivity index (χ4v) is 5.46. The van der Waals surface area contributed by atoms with Crippen LogP contribution in [0.15, 0.2) is 40.5 Å². The molecule has 0 radical (unpaired) electrons. The summed E-state index contributed by atoms with van der Waals surface area (Å²) in [7, 11) is 0. The Labute approximate surface area is 190 Å². The number of carboxylic acids is 1. The van der Waals surface area contributed by atoms with Crippen LogP contribution in [-0.4, -0.2) is 33.9 Å². The fraction of sp³-hybridized carbons (Fsp3) is 0.450. The largest absolute Gasteiger partial charge is 1.00 e. The van der Waals surface area contributed by atoms with Gasteiger partial charge in [-0.05, 0) is 67.8 Å². The molecular weight excluding hydrogens is 383 g/mol. The molecule has 2 fully saturated rings. The van der Waals surface area contributed by atoms with Gasteiger partial charge in [-0.3, -0.25) is 4.90 Å². The summed E-state index contributed by atoms with van der Waals surface area (Å²) in [5.41, 5.74) is 2.64. The molecule has 0 bridgehead atoms. The molecule has 1 saturated carbocycles. The minimum atomic E-state index is -0.867. The number of aromatic nitrogens is 2. The molecule has 0 unspecified atom stereocenters. The van der Waals surface area contributed by atoms with Crippen molar-refractivity contribution < 1.29 is 39.5 Å². The number of aliphatic carboxylic acids is 1. The van der Waals surface area contributed by atoms with Crippen molar-refractivity contribution in [3.63, 3.8) is 0 Å². The Kier molecular flexibility index (Phi) is 5.73. The van der Waals surface area contributed by atoms with E-state index < -0.39 is 5.97 Å². The summed E-state index contributed by atoms with van der Waals surface area (Å²) in [6.45, 7) is 2.99. The number of likely N-dealkylation sites (tertiary alicyclic amines) is 1. The molecule has 28 heavy (non-hydrogen) atoms. The van der Waals surface area contributed by atoms with Crippen molar-refractivity contribution in [3.8, 4) is 0 Å².